The van der Waals surface area contributed by atoms with Crippen LogP contribution in [0.25, 0.3) is 5.69 Å². The minimum Gasteiger partial charge on any atom is -0.457 e. The van der Waals surface area contributed by atoms with Crippen molar-refractivity contribution in [3.63, 3.8) is 0 Å². The van der Waals surface area contributed by atoms with Crippen molar-refractivity contribution in [3.8, 4) is 17.2 Å². The molecule has 144 valence electrons. The fourth-order valence-electron chi connectivity index (χ4n) is 2.75. The van der Waals surface area contributed by atoms with Crippen molar-refractivity contribution in [2.75, 3.05) is 5.32 Å². The molecule has 0 atom stereocenters. The molecule has 0 aliphatic carbocycles. The number of benzene rings is 3. The maximum absolute atomic E-state index is 12.2. The smallest absolute Gasteiger partial charge is 0.319 e. The summed E-state index contributed by atoms with van der Waals surface area (Å²) in [5.41, 5.74) is 1.59. The minimum atomic E-state index is -0.329. The van der Waals surface area contributed by atoms with E-state index in [1.54, 1.807) is 30.6 Å². The zero-order chi connectivity index (χ0) is 19.9. The Morgan fingerprint density at radius 2 is 1.52 bits per heavy atom. The van der Waals surface area contributed by atoms with Crippen molar-refractivity contribution in [1.82, 2.24) is 20.1 Å². The second-order valence-corrected chi connectivity index (χ2v) is 6.20. The van der Waals surface area contributed by atoms with Gasteiger partial charge >= 0.3 is 6.03 Å². The molecule has 7 heteroatoms. The molecule has 7 nitrogen and oxygen atoms in total. The molecule has 4 aromatic rings. The van der Waals surface area contributed by atoms with Gasteiger partial charge in [-0.15, -0.1) is 10.2 Å². The maximum Gasteiger partial charge on any atom is 0.319 e. The number of anilines is 1. The van der Waals surface area contributed by atoms with Crippen molar-refractivity contribution < 1.29 is 9.53 Å². The third-order valence-electron chi connectivity index (χ3n) is 4.15. The zero-order valence-corrected chi connectivity index (χ0v) is 15.5. The molecule has 0 aliphatic heterocycles. The van der Waals surface area contributed by atoms with Crippen LogP contribution in [0.4, 0.5) is 10.5 Å². The van der Waals surface area contributed by atoms with Crippen molar-refractivity contribution in [3.05, 3.63) is 97.1 Å². The number of carbonyl (C=O) groups excluding carboxylic acids is 1. The number of nitrogens with one attached hydrogen (secondary N) is 2. The fourth-order valence-corrected chi connectivity index (χ4v) is 2.75. The van der Waals surface area contributed by atoms with E-state index >= 15 is 0 Å². The number of aromatic nitrogens is 3. The highest BCUT2D eigenvalue weighted by Gasteiger charge is 2.08. The van der Waals surface area contributed by atoms with Gasteiger partial charge in [0.05, 0.1) is 6.54 Å². The first-order valence-electron chi connectivity index (χ1n) is 9.10. The van der Waals surface area contributed by atoms with Crippen LogP contribution in [-0.2, 0) is 6.54 Å². The van der Waals surface area contributed by atoms with Crippen molar-refractivity contribution in [2.45, 2.75) is 6.54 Å². The Morgan fingerprint density at radius 1 is 0.862 bits per heavy atom. The van der Waals surface area contributed by atoms with E-state index in [1.807, 2.05) is 65.2 Å². The second-order valence-electron chi connectivity index (χ2n) is 6.20. The average Bonchev–Trinajstić information content (AvgIpc) is 3.24. The van der Waals surface area contributed by atoms with Gasteiger partial charge in [0.2, 0.25) is 0 Å². The predicted octanol–water partition coefficient (Wildman–Crippen LogP) is 4.38. The summed E-state index contributed by atoms with van der Waals surface area (Å²) in [5.74, 6) is 2.09. The lowest BCUT2D eigenvalue weighted by Crippen LogP contribution is -2.29. The number of ether oxygens (including phenoxy) is 1. The molecule has 2 N–H and O–H groups in total. The Bertz CT molecular complexity index is 1060. The first-order chi connectivity index (χ1) is 14.3. The summed E-state index contributed by atoms with van der Waals surface area (Å²) in [6.07, 6.45) is 1.62. The number of hydrogen-bond acceptors (Lipinski definition) is 4. The lowest BCUT2D eigenvalue weighted by atomic mass is 10.3. The van der Waals surface area contributed by atoms with Crippen molar-refractivity contribution in [1.29, 1.82) is 0 Å². The molecule has 2 amide bonds. The van der Waals surface area contributed by atoms with Crippen LogP contribution in [-0.4, -0.2) is 20.8 Å². The zero-order valence-electron chi connectivity index (χ0n) is 15.5. The summed E-state index contributed by atoms with van der Waals surface area (Å²) in [4.78, 5) is 12.2. The third kappa shape index (κ3) is 4.78. The standard InChI is InChI=1S/C22H19N5O2/c28-22(23-15-21-26-24-16-27(21)18-7-3-1-4-8-18)25-17-11-13-20(14-12-17)29-19-9-5-2-6-10-19/h1-14,16H,15H2,(H2,23,25,28). The van der Waals surface area contributed by atoms with Crippen LogP contribution in [0.15, 0.2) is 91.3 Å². The number of amides is 2. The largest absolute Gasteiger partial charge is 0.457 e. The van der Waals surface area contributed by atoms with Gasteiger partial charge in [-0.25, -0.2) is 4.79 Å². The van der Waals surface area contributed by atoms with Crippen LogP contribution in [0.1, 0.15) is 5.82 Å². The molecule has 0 bridgehead atoms. The molecule has 1 aromatic heterocycles. The molecule has 0 saturated heterocycles. The minimum absolute atomic E-state index is 0.246. The first kappa shape index (κ1) is 18.2. The van der Waals surface area contributed by atoms with E-state index in [4.69, 9.17) is 4.74 Å². The van der Waals surface area contributed by atoms with Gasteiger partial charge in [0.25, 0.3) is 0 Å². The van der Waals surface area contributed by atoms with E-state index in [9.17, 15) is 4.79 Å². The Hall–Kier alpha value is -4.13. The van der Waals surface area contributed by atoms with E-state index in [-0.39, 0.29) is 12.6 Å². The van der Waals surface area contributed by atoms with E-state index < -0.39 is 0 Å². The monoisotopic (exact) mass is 385 g/mol. The third-order valence-corrected chi connectivity index (χ3v) is 4.15. The van der Waals surface area contributed by atoms with Gasteiger partial charge in [-0.3, -0.25) is 4.57 Å². The van der Waals surface area contributed by atoms with E-state index in [0.717, 1.165) is 11.4 Å². The first-order valence-corrected chi connectivity index (χ1v) is 9.10. The van der Waals surface area contributed by atoms with Crippen LogP contribution in [0, 0.1) is 0 Å². The van der Waals surface area contributed by atoms with Crippen molar-refractivity contribution in [2.24, 2.45) is 0 Å². The van der Waals surface area contributed by atoms with Gasteiger partial charge in [-0.2, -0.15) is 0 Å². The SMILES string of the molecule is O=C(NCc1nncn1-c1ccccc1)Nc1ccc(Oc2ccccc2)cc1. The molecule has 29 heavy (non-hydrogen) atoms. The van der Waals surface area contributed by atoms with E-state index in [0.29, 0.717) is 17.3 Å². The number of carbonyl (C=O) groups is 1. The maximum atomic E-state index is 12.2. The molecule has 0 saturated carbocycles. The lowest BCUT2D eigenvalue weighted by Gasteiger charge is -2.10. The molecular formula is C22H19N5O2. The van der Waals surface area contributed by atoms with Gasteiger partial charge in [0.1, 0.15) is 17.8 Å². The highest BCUT2D eigenvalue weighted by Crippen LogP contribution is 2.22. The molecular weight excluding hydrogens is 366 g/mol. The Labute approximate surface area is 168 Å². The van der Waals surface area contributed by atoms with Crippen LogP contribution in [0.5, 0.6) is 11.5 Å². The Balaban J connectivity index is 1.32. The van der Waals surface area contributed by atoms with E-state index in [1.165, 1.54) is 0 Å². The van der Waals surface area contributed by atoms with Gasteiger partial charge in [0, 0.05) is 11.4 Å². The summed E-state index contributed by atoms with van der Waals surface area (Å²) in [5, 5.41) is 13.6. The molecule has 0 unspecified atom stereocenters. The molecule has 4 rings (SSSR count). The van der Waals surface area contributed by atoms with Crippen LogP contribution < -0.4 is 15.4 Å². The lowest BCUT2D eigenvalue weighted by molar-refractivity contribution is 0.251. The molecule has 0 radical (unpaired) electrons. The predicted molar refractivity (Wildman–Crippen MR) is 110 cm³/mol. The molecule has 1 heterocycles. The summed E-state index contributed by atoms with van der Waals surface area (Å²) in [6.45, 7) is 0.246. The fraction of sp³-hybridized carbons (Fsp3) is 0.0455. The Kier molecular flexibility index (Phi) is 5.48. The van der Waals surface area contributed by atoms with Gasteiger partial charge in [-0.05, 0) is 48.5 Å². The number of para-hydroxylation sites is 2. The van der Waals surface area contributed by atoms with Gasteiger partial charge in [0.15, 0.2) is 5.82 Å². The Morgan fingerprint density at radius 3 is 2.24 bits per heavy atom. The van der Waals surface area contributed by atoms with Crippen LogP contribution >= 0.6 is 0 Å². The van der Waals surface area contributed by atoms with Gasteiger partial charge < -0.3 is 15.4 Å². The summed E-state index contributed by atoms with van der Waals surface area (Å²) >= 11 is 0. The highest BCUT2D eigenvalue weighted by molar-refractivity contribution is 5.89. The van der Waals surface area contributed by atoms with E-state index in [2.05, 4.69) is 20.8 Å². The number of rotatable bonds is 6. The number of nitrogens with zero attached hydrogens (tertiary/aromatic N) is 3. The quantitative estimate of drug-likeness (QED) is 0.516. The normalized spacial score (nSPS) is 10.3. The van der Waals surface area contributed by atoms with Gasteiger partial charge in [-0.1, -0.05) is 36.4 Å². The second kappa shape index (κ2) is 8.71. The van der Waals surface area contributed by atoms with Crippen molar-refractivity contribution >= 4 is 11.7 Å². The number of urea groups is 1. The number of hydrogen-bond donors (Lipinski definition) is 2. The molecule has 3 aromatic carbocycles. The summed E-state index contributed by atoms with van der Waals surface area (Å²) in [7, 11) is 0. The summed E-state index contributed by atoms with van der Waals surface area (Å²) in [6, 6.07) is 26.1. The molecule has 0 spiro atoms. The van der Waals surface area contributed by atoms with Crippen LogP contribution in [0.2, 0.25) is 0 Å². The molecule has 0 fully saturated rings. The molecule has 0 aliphatic rings. The average molecular weight is 385 g/mol. The van der Waals surface area contributed by atoms with Crippen LogP contribution in [0.3, 0.4) is 0 Å². The topological polar surface area (TPSA) is 81.1 Å². The summed E-state index contributed by atoms with van der Waals surface area (Å²) < 4.78 is 7.57. The highest BCUT2D eigenvalue weighted by atomic mass is 16.5.